The topological polar surface area (TPSA) is 20.2 Å². The quantitative estimate of drug-likeness (QED) is 0.553. The molecule has 0 radical (unpaired) electrons. The highest BCUT2D eigenvalue weighted by molar-refractivity contribution is 6.13. The number of rotatable bonds is 3. The number of benzene rings is 1. The molecule has 0 saturated carbocycles. The third kappa shape index (κ3) is 2.94. The summed E-state index contributed by atoms with van der Waals surface area (Å²) in [4.78, 5) is 0. The molecule has 0 aromatic heterocycles. The maximum atomic E-state index is 12.5. The average molecular weight is 178 g/mol. The first-order valence-electron chi connectivity index (χ1n) is 4.22. The summed E-state index contributed by atoms with van der Waals surface area (Å²) in [6.07, 6.45) is 0.690. The van der Waals surface area contributed by atoms with Gasteiger partial charge in [0.1, 0.15) is 13.7 Å². The largest absolute Gasteiger partial charge is 0.513 e. The van der Waals surface area contributed by atoms with E-state index in [2.05, 4.69) is 6.58 Å². The summed E-state index contributed by atoms with van der Waals surface area (Å²) in [6.45, 7) is 3.45. The van der Waals surface area contributed by atoms with E-state index in [0.717, 1.165) is 5.56 Å². The van der Waals surface area contributed by atoms with Crippen LogP contribution in [-0.2, 0) is 6.42 Å². The highest BCUT2D eigenvalue weighted by Crippen LogP contribution is 2.16. The Morgan fingerprint density at radius 2 is 2.00 bits per heavy atom. The smallest absolute Gasteiger partial charge is 0.123 e. The number of hydrogen-bond acceptors (Lipinski definition) is 1. The van der Waals surface area contributed by atoms with Crippen molar-refractivity contribution in [3.05, 3.63) is 48.0 Å². The third-order valence-electron chi connectivity index (χ3n) is 2.02. The molecule has 0 unspecified atom stereocenters. The number of aliphatic hydroxyl groups excluding tert-OH is 1. The van der Waals surface area contributed by atoms with E-state index in [1.165, 1.54) is 12.1 Å². The lowest BCUT2D eigenvalue weighted by atomic mass is 9.81. The molecule has 1 aromatic carbocycles. The van der Waals surface area contributed by atoms with Crippen molar-refractivity contribution in [2.45, 2.75) is 12.2 Å². The van der Waals surface area contributed by atoms with Crippen molar-refractivity contribution in [2.75, 3.05) is 0 Å². The molecule has 68 valence electrons. The molecule has 1 rings (SSSR count). The van der Waals surface area contributed by atoms with E-state index >= 15 is 0 Å². The molecule has 0 spiro atoms. The zero-order chi connectivity index (χ0) is 9.84. The Balaban J connectivity index is 2.64. The van der Waals surface area contributed by atoms with Crippen LogP contribution in [0.1, 0.15) is 5.56 Å². The second-order valence-corrected chi connectivity index (χ2v) is 3.22. The number of allylic oxidation sites excluding steroid dienone is 1. The molecule has 0 aliphatic rings. The van der Waals surface area contributed by atoms with Crippen LogP contribution in [0, 0.1) is 5.82 Å². The van der Waals surface area contributed by atoms with Crippen LogP contribution in [0.25, 0.3) is 0 Å². The van der Waals surface area contributed by atoms with Crippen LogP contribution in [-0.4, -0.2) is 13.0 Å². The van der Waals surface area contributed by atoms with E-state index in [0.29, 0.717) is 6.42 Å². The van der Waals surface area contributed by atoms with Gasteiger partial charge in [-0.3, -0.25) is 0 Å². The Bertz CT molecular complexity index is 294. The second kappa shape index (κ2) is 4.12. The first kappa shape index (κ1) is 9.84. The monoisotopic (exact) mass is 178 g/mol. The van der Waals surface area contributed by atoms with Crippen molar-refractivity contribution >= 4 is 7.85 Å². The Morgan fingerprint density at radius 3 is 2.46 bits per heavy atom. The molecular weight excluding hydrogens is 166 g/mol. The van der Waals surface area contributed by atoms with Gasteiger partial charge < -0.3 is 5.11 Å². The lowest BCUT2D eigenvalue weighted by Gasteiger charge is -2.08. The number of halogens is 1. The van der Waals surface area contributed by atoms with Crippen molar-refractivity contribution in [1.82, 2.24) is 0 Å². The number of aliphatic hydroxyl groups is 1. The fourth-order valence-electron chi connectivity index (χ4n) is 1.09. The molecule has 0 bridgehead atoms. The van der Waals surface area contributed by atoms with Crippen molar-refractivity contribution in [3.8, 4) is 0 Å². The first-order chi connectivity index (χ1) is 6.09. The van der Waals surface area contributed by atoms with E-state index in [9.17, 15) is 4.39 Å². The molecule has 1 atom stereocenters. The molecular formula is C10H12BFO. The van der Waals surface area contributed by atoms with E-state index < -0.39 is 0 Å². The molecule has 1 N–H and O–H groups in total. The van der Waals surface area contributed by atoms with Gasteiger partial charge in [0.05, 0.1) is 5.76 Å². The van der Waals surface area contributed by atoms with E-state index in [-0.39, 0.29) is 17.4 Å². The maximum Gasteiger partial charge on any atom is 0.123 e. The van der Waals surface area contributed by atoms with Gasteiger partial charge in [0, 0.05) is 0 Å². The molecule has 0 aliphatic carbocycles. The van der Waals surface area contributed by atoms with Crippen LogP contribution in [0.15, 0.2) is 36.6 Å². The molecule has 0 aliphatic heterocycles. The van der Waals surface area contributed by atoms with Gasteiger partial charge in [0.15, 0.2) is 0 Å². The average Bonchev–Trinajstić information content (AvgIpc) is 2.08. The maximum absolute atomic E-state index is 12.5. The lowest BCUT2D eigenvalue weighted by Crippen LogP contribution is -1.99. The predicted octanol–water partition coefficient (Wildman–Crippen LogP) is 1.86. The summed E-state index contributed by atoms with van der Waals surface area (Å²) in [7, 11) is 1.88. The predicted molar refractivity (Wildman–Crippen MR) is 54.2 cm³/mol. The molecule has 13 heavy (non-hydrogen) atoms. The van der Waals surface area contributed by atoms with Gasteiger partial charge in [0.25, 0.3) is 0 Å². The normalized spacial score (nSPS) is 12.4. The van der Waals surface area contributed by atoms with Gasteiger partial charge in [-0.15, -0.1) is 0 Å². The highest BCUT2D eigenvalue weighted by Gasteiger charge is 2.05. The Morgan fingerprint density at radius 1 is 1.46 bits per heavy atom. The SMILES string of the molecule is B[C@H](Cc1ccc(F)cc1)C(=C)O. The van der Waals surface area contributed by atoms with Crippen molar-refractivity contribution in [2.24, 2.45) is 0 Å². The molecule has 0 heterocycles. The van der Waals surface area contributed by atoms with Gasteiger partial charge in [-0.1, -0.05) is 18.7 Å². The summed E-state index contributed by atoms with van der Waals surface area (Å²) < 4.78 is 12.5. The summed E-state index contributed by atoms with van der Waals surface area (Å²) >= 11 is 0. The minimum Gasteiger partial charge on any atom is -0.513 e. The zero-order valence-electron chi connectivity index (χ0n) is 7.63. The van der Waals surface area contributed by atoms with Crippen LogP contribution < -0.4 is 0 Å². The van der Waals surface area contributed by atoms with Gasteiger partial charge in [0.2, 0.25) is 0 Å². The van der Waals surface area contributed by atoms with Crippen LogP contribution >= 0.6 is 0 Å². The van der Waals surface area contributed by atoms with Crippen LogP contribution in [0.3, 0.4) is 0 Å². The third-order valence-corrected chi connectivity index (χ3v) is 2.02. The van der Waals surface area contributed by atoms with Crippen LogP contribution in [0.5, 0.6) is 0 Å². The second-order valence-electron chi connectivity index (χ2n) is 3.22. The highest BCUT2D eigenvalue weighted by atomic mass is 19.1. The minimum absolute atomic E-state index is 0.0189. The Labute approximate surface area is 78.3 Å². The fraction of sp³-hybridized carbons (Fsp3) is 0.200. The van der Waals surface area contributed by atoms with Crippen molar-refractivity contribution < 1.29 is 9.50 Å². The molecule has 0 amide bonds. The van der Waals surface area contributed by atoms with Crippen LogP contribution in [0.4, 0.5) is 4.39 Å². The molecule has 1 aromatic rings. The van der Waals surface area contributed by atoms with E-state index in [1.807, 2.05) is 7.85 Å². The summed E-state index contributed by atoms with van der Waals surface area (Å²) in [6, 6.07) is 6.27. The van der Waals surface area contributed by atoms with Crippen LogP contribution in [0.2, 0.25) is 5.82 Å². The minimum atomic E-state index is -0.237. The van der Waals surface area contributed by atoms with E-state index in [1.54, 1.807) is 12.1 Å². The van der Waals surface area contributed by atoms with Crippen molar-refractivity contribution in [3.63, 3.8) is 0 Å². The summed E-state index contributed by atoms with van der Waals surface area (Å²) in [5.74, 6) is -0.0472. The summed E-state index contributed by atoms with van der Waals surface area (Å²) in [5.41, 5.74) is 1.00. The molecule has 1 nitrogen and oxygen atoms in total. The Hall–Kier alpha value is -1.25. The van der Waals surface area contributed by atoms with Gasteiger partial charge >= 0.3 is 0 Å². The number of hydrogen-bond donors (Lipinski definition) is 1. The molecule has 0 saturated heterocycles. The fourth-order valence-corrected chi connectivity index (χ4v) is 1.09. The molecule has 3 heteroatoms. The van der Waals surface area contributed by atoms with E-state index in [4.69, 9.17) is 5.11 Å². The molecule has 0 fully saturated rings. The van der Waals surface area contributed by atoms with Crippen molar-refractivity contribution in [1.29, 1.82) is 0 Å². The first-order valence-corrected chi connectivity index (χ1v) is 4.22. The lowest BCUT2D eigenvalue weighted by molar-refractivity contribution is 0.391. The van der Waals surface area contributed by atoms with Gasteiger partial charge in [-0.05, 0) is 29.9 Å². The van der Waals surface area contributed by atoms with Gasteiger partial charge in [-0.25, -0.2) is 4.39 Å². The Kier molecular flexibility index (Phi) is 3.12. The zero-order valence-corrected chi connectivity index (χ0v) is 7.63. The standard InChI is InChI=1S/C10H12BFO/c1-7(13)10(11)6-8-2-4-9(12)5-3-8/h2-5,10,13H,1,6,11H2/t10-/m1/s1. The van der Waals surface area contributed by atoms with Gasteiger partial charge in [-0.2, -0.15) is 0 Å². The summed E-state index contributed by atoms with van der Waals surface area (Å²) in [5, 5.41) is 9.07.